The molecule has 0 radical (unpaired) electrons. The van der Waals surface area contributed by atoms with Crippen molar-refractivity contribution in [1.82, 2.24) is 15.1 Å². The highest BCUT2D eigenvalue weighted by Crippen LogP contribution is 2.26. The Kier molecular flexibility index (Phi) is 5.59. The van der Waals surface area contributed by atoms with Crippen molar-refractivity contribution in [2.45, 2.75) is 32.1 Å². The monoisotopic (exact) mass is 416 g/mol. The summed E-state index contributed by atoms with van der Waals surface area (Å²) >= 11 is 12.0. The molecular formula is C20H18Cl2N4O2. The number of pyridine rings is 1. The molecule has 0 bridgehead atoms. The average molecular weight is 417 g/mol. The lowest BCUT2D eigenvalue weighted by Crippen LogP contribution is -2.20. The first-order valence-corrected chi connectivity index (χ1v) is 9.88. The summed E-state index contributed by atoms with van der Waals surface area (Å²) < 4.78 is 5.32. The Morgan fingerprint density at radius 3 is 2.68 bits per heavy atom. The topological polar surface area (TPSA) is 80.9 Å². The van der Waals surface area contributed by atoms with Gasteiger partial charge in [-0.3, -0.25) is 4.79 Å². The van der Waals surface area contributed by atoms with Crippen LogP contribution in [-0.4, -0.2) is 21.0 Å². The molecule has 0 spiro atoms. The van der Waals surface area contributed by atoms with E-state index in [1.54, 1.807) is 24.4 Å². The molecule has 0 aliphatic heterocycles. The minimum absolute atomic E-state index is 0.0428. The van der Waals surface area contributed by atoms with Gasteiger partial charge in [0, 0.05) is 17.7 Å². The van der Waals surface area contributed by atoms with Crippen LogP contribution in [-0.2, 0) is 11.2 Å². The number of aromatic nitrogens is 3. The highest BCUT2D eigenvalue weighted by molar-refractivity contribution is 6.42. The molecule has 6 nitrogen and oxygen atoms in total. The Balaban J connectivity index is 1.41. The molecule has 0 unspecified atom stereocenters. The normalized spacial score (nSPS) is 14.4. The molecule has 1 aliphatic carbocycles. The molecule has 1 aromatic carbocycles. The van der Waals surface area contributed by atoms with Gasteiger partial charge in [0.15, 0.2) is 0 Å². The van der Waals surface area contributed by atoms with Gasteiger partial charge in [0.1, 0.15) is 5.82 Å². The Morgan fingerprint density at radius 2 is 1.96 bits per heavy atom. The predicted octanol–water partition coefficient (Wildman–Crippen LogP) is 5.16. The summed E-state index contributed by atoms with van der Waals surface area (Å²) in [5.41, 5.74) is 1.63. The summed E-state index contributed by atoms with van der Waals surface area (Å²) in [4.78, 5) is 20.9. The van der Waals surface area contributed by atoms with E-state index in [1.165, 1.54) is 0 Å². The number of rotatable bonds is 5. The molecule has 4 rings (SSSR count). The van der Waals surface area contributed by atoms with E-state index in [1.807, 2.05) is 12.1 Å². The highest BCUT2D eigenvalue weighted by atomic mass is 35.5. The van der Waals surface area contributed by atoms with Crippen LogP contribution >= 0.6 is 23.2 Å². The van der Waals surface area contributed by atoms with Crippen LogP contribution in [0.5, 0.6) is 0 Å². The molecular weight excluding hydrogens is 399 g/mol. The van der Waals surface area contributed by atoms with Crippen molar-refractivity contribution in [1.29, 1.82) is 0 Å². The third-order valence-corrected chi connectivity index (χ3v) is 5.55. The molecule has 0 saturated heterocycles. The number of nitrogens with zero attached hydrogens (tertiary/aromatic N) is 3. The zero-order valence-electron chi connectivity index (χ0n) is 15.0. The predicted molar refractivity (Wildman–Crippen MR) is 107 cm³/mol. The van der Waals surface area contributed by atoms with E-state index >= 15 is 0 Å². The Hall–Kier alpha value is -2.44. The fraction of sp³-hybridized carbons (Fsp3) is 0.300. The fourth-order valence-electron chi connectivity index (χ4n) is 3.28. The third-order valence-electron chi connectivity index (χ3n) is 4.81. The standard InChI is InChI=1S/C20H18Cl2N4O2/c21-15-7-5-12(9-16(15)22)10-18-25-19(26-28-18)14-6-8-17(23-11-14)24-20(27)13-3-1-2-4-13/h5-9,11,13H,1-4,10H2,(H,23,24,27). The maximum absolute atomic E-state index is 12.2. The maximum atomic E-state index is 12.2. The van der Waals surface area contributed by atoms with Crippen LogP contribution in [0.4, 0.5) is 5.82 Å². The van der Waals surface area contributed by atoms with Gasteiger partial charge in [0.25, 0.3) is 0 Å². The van der Waals surface area contributed by atoms with Gasteiger partial charge in [-0.05, 0) is 42.7 Å². The molecule has 8 heteroatoms. The van der Waals surface area contributed by atoms with Crippen molar-refractivity contribution in [3.8, 4) is 11.4 Å². The molecule has 1 amide bonds. The van der Waals surface area contributed by atoms with Gasteiger partial charge < -0.3 is 9.84 Å². The highest BCUT2D eigenvalue weighted by Gasteiger charge is 2.22. The second kappa shape index (κ2) is 8.29. The van der Waals surface area contributed by atoms with Crippen molar-refractivity contribution in [2.24, 2.45) is 5.92 Å². The summed E-state index contributed by atoms with van der Waals surface area (Å²) in [6.07, 6.45) is 6.22. The van der Waals surface area contributed by atoms with Gasteiger partial charge in [-0.1, -0.05) is 47.3 Å². The van der Waals surface area contributed by atoms with E-state index in [0.29, 0.717) is 39.6 Å². The van der Waals surface area contributed by atoms with Crippen molar-refractivity contribution in [2.75, 3.05) is 5.32 Å². The number of hydrogen-bond donors (Lipinski definition) is 1. The smallest absolute Gasteiger partial charge is 0.231 e. The Bertz CT molecular complexity index is 982. The number of carbonyl (C=O) groups is 1. The van der Waals surface area contributed by atoms with E-state index in [2.05, 4.69) is 20.4 Å². The largest absolute Gasteiger partial charge is 0.339 e. The van der Waals surface area contributed by atoms with Gasteiger partial charge in [0.05, 0.1) is 16.5 Å². The summed E-state index contributed by atoms with van der Waals surface area (Å²) in [7, 11) is 0. The molecule has 1 fully saturated rings. The van der Waals surface area contributed by atoms with Crippen LogP contribution in [0.15, 0.2) is 41.1 Å². The number of hydrogen-bond acceptors (Lipinski definition) is 5. The first-order chi connectivity index (χ1) is 13.6. The average Bonchev–Trinajstić information content (AvgIpc) is 3.38. The van der Waals surface area contributed by atoms with Crippen LogP contribution in [0, 0.1) is 5.92 Å². The molecule has 1 saturated carbocycles. The lowest BCUT2D eigenvalue weighted by molar-refractivity contribution is -0.119. The van der Waals surface area contributed by atoms with E-state index in [0.717, 1.165) is 31.2 Å². The zero-order valence-corrected chi connectivity index (χ0v) is 16.5. The lowest BCUT2D eigenvalue weighted by Gasteiger charge is -2.09. The quantitative estimate of drug-likeness (QED) is 0.621. The van der Waals surface area contributed by atoms with Crippen LogP contribution in [0.2, 0.25) is 10.0 Å². The lowest BCUT2D eigenvalue weighted by atomic mass is 10.1. The first kappa shape index (κ1) is 18.9. The molecule has 3 aromatic rings. The molecule has 0 atom stereocenters. The van der Waals surface area contributed by atoms with Gasteiger partial charge >= 0.3 is 0 Å². The summed E-state index contributed by atoms with van der Waals surface area (Å²) in [6.45, 7) is 0. The van der Waals surface area contributed by atoms with Crippen LogP contribution in [0.25, 0.3) is 11.4 Å². The second-order valence-corrected chi connectivity index (χ2v) is 7.65. The zero-order chi connectivity index (χ0) is 19.5. The van der Waals surface area contributed by atoms with Gasteiger partial charge in [-0.25, -0.2) is 4.98 Å². The first-order valence-electron chi connectivity index (χ1n) is 9.12. The van der Waals surface area contributed by atoms with Crippen LogP contribution < -0.4 is 5.32 Å². The van der Waals surface area contributed by atoms with E-state index < -0.39 is 0 Å². The number of halogens is 2. The van der Waals surface area contributed by atoms with E-state index in [4.69, 9.17) is 27.7 Å². The van der Waals surface area contributed by atoms with E-state index in [-0.39, 0.29) is 11.8 Å². The molecule has 2 heterocycles. The van der Waals surface area contributed by atoms with Gasteiger partial charge in [-0.2, -0.15) is 4.98 Å². The Morgan fingerprint density at radius 1 is 1.14 bits per heavy atom. The maximum Gasteiger partial charge on any atom is 0.231 e. The molecule has 28 heavy (non-hydrogen) atoms. The van der Waals surface area contributed by atoms with Crippen LogP contribution in [0.1, 0.15) is 37.1 Å². The SMILES string of the molecule is O=C(Nc1ccc(-c2noc(Cc3ccc(Cl)c(Cl)c3)n2)cn1)C1CCCC1. The number of benzene rings is 1. The van der Waals surface area contributed by atoms with Gasteiger partial charge in [-0.15, -0.1) is 0 Å². The minimum atomic E-state index is 0.0428. The minimum Gasteiger partial charge on any atom is -0.339 e. The van der Waals surface area contributed by atoms with Crippen molar-refractivity contribution >= 4 is 34.9 Å². The fourth-order valence-corrected chi connectivity index (χ4v) is 3.61. The molecule has 144 valence electrons. The third kappa shape index (κ3) is 4.34. The number of anilines is 1. The summed E-state index contributed by atoms with van der Waals surface area (Å²) in [6, 6.07) is 8.93. The van der Waals surface area contributed by atoms with Crippen molar-refractivity contribution < 1.29 is 9.32 Å². The Labute approximate surface area is 172 Å². The second-order valence-electron chi connectivity index (χ2n) is 6.84. The summed E-state index contributed by atoms with van der Waals surface area (Å²) in [5, 5.41) is 7.86. The summed E-state index contributed by atoms with van der Waals surface area (Å²) in [5.74, 6) is 1.58. The van der Waals surface area contributed by atoms with Gasteiger partial charge in [0.2, 0.25) is 17.6 Å². The van der Waals surface area contributed by atoms with Crippen molar-refractivity contribution in [3.63, 3.8) is 0 Å². The number of amides is 1. The molecule has 1 N–H and O–H groups in total. The molecule has 1 aliphatic rings. The number of nitrogens with one attached hydrogen (secondary N) is 1. The van der Waals surface area contributed by atoms with E-state index in [9.17, 15) is 4.79 Å². The number of carbonyl (C=O) groups excluding carboxylic acids is 1. The van der Waals surface area contributed by atoms with Crippen LogP contribution in [0.3, 0.4) is 0 Å². The molecule has 2 aromatic heterocycles. The van der Waals surface area contributed by atoms with Crippen molar-refractivity contribution in [3.05, 3.63) is 58.0 Å².